The molecule has 4 aliphatic rings. The van der Waals surface area contributed by atoms with Crippen molar-refractivity contribution in [3.05, 3.63) is 46.5 Å². The lowest BCUT2D eigenvalue weighted by Crippen LogP contribution is -2.44. The van der Waals surface area contributed by atoms with Crippen LogP contribution in [0.4, 0.5) is 30.5 Å². The lowest BCUT2D eigenvalue weighted by Gasteiger charge is -2.34. The fourth-order valence-electron chi connectivity index (χ4n) is 5.68. The number of piperazine rings is 1. The quantitative estimate of drug-likeness (QED) is 0.402. The number of rotatable bonds is 6. The molecular formula is C29H31F3N6O2S2. The molecule has 222 valence electrons. The molecule has 2 aliphatic carbocycles. The molecule has 1 unspecified atom stereocenters. The number of anilines is 3. The predicted octanol–water partition coefficient (Wildman–Crippen LogP) is 5.32. The highest BCUT2D eigenvalue weighted by atomic mass is 32.2. The van der Waals surface area contributed by atoms with Crippen LogP contribution < -0.4 is 10.2 Å². The summed E-state index contributed by atoms with van der Waals surface area (Å²) in [5.41, 5.74) is 1.72. The van der Waals surface area contributed by atoms with Gasteiger partial charge in [-0.2, -0.15) is 13.2 Å². The third kappa shape index (κ3) is 5.42. The SMILES string of the molecule is CN1CCN(c2ccc(Nc3ncc(C(F)(F)F)c(-c4cc5c(s4)C(=O)N(C4CC4)CCS5=O)n3)c(C3CC3)c2)CC1. The second-order valence-corrected chi connectivity index (χ2v) is 14.1. The highest BCUT2D eigenvalue weighted by molar-refractivity contribution is 7.85. The van der Waals surface area contributed by atoms with Gasteiger partial charge in [0.25, 0.3) is 5.91 Å². The van der Waals surface area contributed by atoms with Gasteiger partial charge in [0.05, 0.1) is 26.3 Å². The minimum atomic E-state index is -4.71. The average Bonchev–Trinajstić information content (AvgIpc) is 3.90. The number of thiophene rings is 1. The Labute approximate surface area is 248 Å². The molecule has 0 radical (unpaired) electrons. The minimum Gasteiger partial charge on any atom is -0.369 e. The first-order valence-corrected chi connectivity index (χ1v) is 16.4. The number of hydrogen-bond donors (Lipinski definition) is 1. The van der Waals surface area contributed by atoms with Crippen molar-refractivity contribution in [1.29, 1.82) is 0 Å². The number of nitrogens with zero attached hydrogens (tertiary/aromatic N) is 5. The van der Waals surface area contributed by atoms with E-state index in [1.807, 2.05) is 12.1 Å². The monoisotopic (exact) mass is 616 g/mol. The van der Waals surface area contributed by atoms with E-state index < -0.39 is 22.5 Å². The van der Waals surface area contributed by atoms with E-state index in [-0.39, 0.29) is 39.1 Å². The van der Waals surface area contributed by atoms with Gasteiger partial charge >= 0.3 is 6.18 Å². The Balaban J connectivity index is 1.23. The van der Waals surface area contributed by atoms with Crippen molar-refractivity contribution in [3.8, 4) is 10.6 Å². The Morgan fingerprint density at radius 3 is 2.50 bits per heavy atom. The second kappa shape index (κ2) is 10.6. The van der Waals surface area contributed by atoms with Crippen LogP contribution >= 0.6 is 11.3 Å². The average molecular weight is 617 g/mol. The van der Waals surface area contributed by atoms with Crippen LogP contribution in [0.3, 0.4) is 0 Å². The fraction of sp³-hybridized carbons (Fsp3) is 0.483. The number of alkyl halides is 3. The zero-order valence-electron chi connectivity index (χ0n) is 23.1. The molecule has 1 saturated heterocycles. The summed E-state index contributed by atoms with van der Waals surface area (Å²) in [4.78, 5) is 28.8. The van der Waals surface area contributed by atoms with Crippen molar-refractivity contribution < 1.29 is 22.2 Å². The Morgan fingerprint density at radius 2 is 1.81 bits per heavy atom. The first-order valence-electron chi connectivity index (χ1n) is 14.3. The topological polar surface area (TPSA) is 81.7 Å². The molecule has 3 aromatic rings. The molecule has 2 aliphatic heterocycles. The van der Waals surface area contributed by atoms with Crippen LogP contribution in [0.2, 0.25) is 0 Å². The molecule has 0 spiro atoms. The van der Waals surface area contributed by atoms with Crippen LogP contribution in [0, 0.1) is 0 Å². The Kier molecular flexibility index (Phi) is 7.01. The predicted molar refractivity (Wildman–Crippen MR) is 157 cm³/mol. The second-order valence-electron chi connectivity index (χ2n) is 11.5. The molecule has 0 bridgehead atoms. The first-order chi connectivity index (χ1) is 20.2. The maximum Gasteiger partial charge on any atom is 0.420 e. The third-order valence-corrected chi connectivity index (χ3v) is 11.0. The van der Waals surface area contributed by atoms with Gasteiger partial charge < -0.3 is 20.0 Å². The number of aromatic nitrogens is 2. The Morgan fingerprint density at radius 1 is 1.05 bits per heavy atom. The van der Waals surface area contributed by atoms with Crippen LogP contribution in [-0.2, 0) is 17.0 Å². The summed E-state index contributed by atoms with van der Waals surface area (Å²) in [5, 5.41) is 3.19. The maximum atomic E-state index is 14.2. The van der Waals surface area contributed by atoms with E-state index in [4.69, 9.17) is 0 Å². The van der Waals surface area contributed by atoms with Gasteiger partial charge in [-0.15, -0.1) is 11.3 Å². The number of amides is 1. The van der Waals surface area contributed by atoms with Gasteiger partial charge in [0, 0.05) is 62.1 Å². The standard InChI is InChI=1S/C29H31F3N6O2S2/c1-36-8-10-37(11-9-36)19-6-7-22(20(14-19)17-2-3-17)34-28-33-16-21(29(30,31)32)25(35-28)23-15-24-26(41-23)27(39)38(18-4-5-18)12-13-42(24)40/h6-7,14-18H,2-5,8-13H2,1H3,(H,33,34,35). The summed E-state index contributed by atoms with van der Waals surface area (Å²) in [6.07, 6.45) is -0.00968. The van der Waals surface area contributed by atoms with Gasteiger partial charge in [-0.25, -0.2) is 9.97 Å². The molecule has 13 heteroatoms. The number of hydrogen-bond acceptors (Lipinski definition) is 8. The van der Waals surface area contributed by atoms with E-state index in [1.54, 1.807) is 4.90 Å². The Hall–Kier alpha value is -3.03. The van der Waals surface area contributed by atoms with E-state index >= 15 is 0 Å². The van der Waals surface area contributed by atoms with E-state index in [1.165, 1.54) is 6.07 Å². The number of carbonyl (C=O) groups is 1. The summed E-state index contributed by atoms with van der Waals surface area (Å²) in [6.45, 7) is 4.25. The molecule has 2 saturated carbocycles. The molecule has 1 aromatic carbocycles. The summed E-state index contributed by atoms with van der Waals surface area (Å²) in [6, 6.07) is 7.75. The lowest BCUT2D eigenvalue weighted by molar-refractivity contribution is -0.137. The van der Waals surface area contributed by atoms with E-state index in [0.717, 1.165) is 86.3 Å². The molecule has 7 rings (SSSR count). The summed E-state index contributed by atoms with van der Waals surface area (Å²) in [5.74, 6) is 0.438. The van der Waals surface area contributed by atoms with Crippen molar-refractivity contribution in [2.75, 3.05) is 55.7 Å². The maximum absolute atomic E-state index is 14.2. The van der Waals surface area contributed by atoms with Gasteiger partial charge in [0.1, 0.15) is 10.4 Å². The van der Waals surface area contributed by atoms with E-state index in [0.29, 0.717) is 17.4 Å². The van der Waals surface area contributed by atoms with E-state index in [2.05, 4.69) is 38.2 Å². The lowest BCUT2D eigenvalue weighted by atomic mass is 10.1. The molecule has 1 N–H and O–H groups in total. The van der Waals surface area contributed by atoms with Crippen molar-refractivity contribution in [2.24, 2.45) is 0 Å². The zero-order valence-corrected chi connectivity index (χ0v) is 24.7. The van der Waals surface area contributed by atoms with Gasteiger partial charge in [-0.3, -0.25) is 9.00 Å². The number of benzene rings is 1. The first kappa shape index (κ1) is 27.8. The van der Waals surface area contributed by atoms with E-state index in [9.17, 15) is 22.2 Å². The largest absolute Gasteiger partial charge is 0.420 e. The molecule has 1 amide bonds. The highest BCUT2D eigenvalue weighted by Crippen LogP contribution is 2.46. The number of halogens is 3. The van der Waals surface area contributed by atoms with Gasteiger partial charge in [-0.1, -0.05) is 0 Å². The van der Waals surface area contributed by atoms with Crippen molar-refractivity contribution in [1.82, 2.24) is 19.8 Å². The molecule has 4 heterocycles. The highest BCUT2D eigenvalue weighted by Gasteiger charge is 2.40. The molecule has 2 aromatic heterocycles. The number of nitrogens with one attached hydrogen (secondary N) is 1. The molecule has 1 atom stereocenters. The van der Waals surface area contributed by atoms with Crippen molar-refractivity contribution in [3.63, 3.8) is 0 Å². The number of fused-ring (bicyclic) bond motifs is 1. The molecular weight excluding hydrogens is 585 g/mol. The zero-order chi connectivity index (χ0) is 29.2. The minimum absolute atomic E-state index is 0.0443. The smallest absolute Gasteiger partial charge is 0.369 e. The number of likely N-dealkylation sites (N-methyl/N-ethyl adjacent to an activating group) is 1. The van der Waals surface area contributed by atoms with Crippen molar-refractivity contribution in [2.45, 2.75) is 48.7 Å². The van der Waals surface area contributed by atoms with Crippen LogP contribution in [0.15, 0.2) is 35.4 Å². The van der Waals surface area contributed by atoms with Crippen LogP contribution in [0.1, 0.15) is 52.4 Å². The fourth-order valence-corrected chi connectivity index (χ4v) is 8.30. The molecule has 42 heavy (non-hydrogen) atoms. The summed E-state index contributed by atoms with van der Waals surface area (Å²) >= 11 is 0.933. The number of carbonyl (C=O) groups excluding carboxylic acids is 1. The van der Waals surface area contributed by atoms with Gasteiger partial charge in [-0.05, 0) is 68.5 Å². The van der Waals surface area contributed by atoms with Gasteiger partial charge in [0.2, 0.25) is 5.95 Å². The third-order valence-electron chi connectivity index (χ3n) is 8.40. The summed E-state index contributed by atoms with van der Waals surface area (Å²) < 4.78 is 55.5. The van der Waals surface area contributed by atoms with Crippen LogP contribution in [0.25, 0.3) is 10.6 Å². The van der Waals surface area contributed by atoms with Crippen LogP contribution in [0.5, 0.6) is 0 Å². The molecule has 3 fully saturated rings. The normalized spacial score (nSPS) is 21.8. The van der Waals surface area contributed by atoms with Gasteiger partial charge in [0.15, 0.2) is 0 Å². The summed E-state index contributed by atoms with van der Waals surface area (Å²) in [7, 11) is 0.629. The molecule has 8 nitrogen and oxygen atoms in total. The van der Waals surface area contributed by atoms with Crippen LogP contribution in [-0.4, -0.2) is 81.5 Å². The van der Waals surface area contributed by atoms with Crippen molar-refractivity contribution >= 4 is 45.4 Å². The Bertz CT molecular complexity index is 1560.